The van der Waals surface area contributed by atoms with Crippen molar-refractivity contribution in [2.45, 2.75) is 40.2 Å². The fraction of sp³-hybridized carbons (Fsp3) is 0.600. The largest absolute Gasteiger partial charge is 0.475 e. The molecule has 0 amide bonds. The summed E-state index contributed by atoms with van der Waals surface area (Å²) in [6.07, 6.45) is 1.08. The molecule has 0 aromatic carbocycles. The molecule has 72 valence electrons. The Kier molecular flexibility index (Phi) is 3.23. The number of hydrogen-bond donors (Lipinski definition) is 0. The maximum Gasteiger partial charge on any atom is 0.217 e. The predicted octanol–water partition coefficient (Wildman–Crippen LogP) is 2.13. The Labute approximate surface area is 79.2 Å². The Morgan fingerprint density at radius 3 is 2.62 bits per heavy atom. The molecular weight excluding hydrogens is 164 g/mol. The Morgan fingerprint density at radius 1 is 1.38 bits per heavy atom. The van der Waals surface area contributed by atoms with E-state index in [1.807, 2.05) is 26.8 Å². The SMILES string of the molecule is CCc1cc(OC(C)C)nc(C)n1. The summed E-state index contributed by atoms with van der Waals surface area (Å²) in [7, 11) is 0. The van der Waals surface area contributed by atoms with Gasteiger partial charge < -0.3 is 4.74 Å². The number of nitrogens with zero attached hydrogens (tertiary/aromatic N) is 2. The van der Waals surface area contributed by atoms with E-state index in [0.29, 0.717) is 5.88 Å². The molecule has 0 unspecified atom stereocenters. The summed E-state index contributed by atoms with van der Waals surface area (Å²) in [6, 6.07) is 1.90. The van der Waals surface area contributed by atoms with Gasteiger partial charge in [0.1, 0.15) is 5.82 Å². The minimum absolute atomic E-state index is 0.166. The third-order valence-electron chi connectivity index (χ3n) is 1.59. The summed E-state index contributed by atoms with van der Waals surface area (Å²) < 4.78 is 5.49. The highest BCUT2D eigenvalue weighted by molar-refractivity contribution is 5.16. The van der Waals surface area contributed by atoms with E-state index >= 15 is 0 Å². The number of rotatable bonds is 3. The van der Waals surface area contributed by atoms with Crippen molar-refractivity contribution in [2.24, 2.45) is 0 Å². The molecule has 0 saturated heterocycles. The van der Waals surface area contributed by atoms with Gasteiger partial charge in [0.2, 0.25) is 5.88 Å². The molecule has 1 rings (SSSR count). The first-order valence-corrected chi connectivity index (χ1v) is 4.63. The predicted molar refractivity (Wildman–Crippen MR) is 51.9 cm³/mol. The van der Waals surface area contributed by atoms with Crippen LogP contribution >= 0.6 is 0 Å². The van der Waals surface area contributed by atoms with E-state index in [-0.39, 0.29) is 6.10 Å². The molecule has 13 heavy (non-hydrogen) atoms. The van der Waals surface area contributed by atoms with Crippen LogP contribution < -0.4 is 4.74 Å². The molecule has 0 radical (unpaired) electrons. The van der Waals surface area contributed by atoms with Gasteiger partial charge in [0.15, 0.2) is 0 Å². The van der Waals surface area contributed by atoms with Gasteiger partial charge >= 0.3 is 0 Å². The van der Waals surface area contributed by atoms with Crippen molar-refractivity contribution in [3.63, 3.8) is 0 Å². The zero-order chi connectivity index (χ0) is 9.84. The molecular formula is C10H16N2O. The summed E-state index contributed by atoms with van der Waals surface area (Å²) in [4.78, 5) is 8.46. The van der Waals surface area contributed by atoms with Crippen LogP contribution in [0.15, 0.2) is 6.07 Å². The van der Waals surface area contributed by atoms with Crippen molar-refractivity contribution in [3.05, 3.63) is 17.6 Å². The minimum atomic E-state index is 0.166. The van der Waals surface area contributed by atoms with E-state index in [9.17, 15) is 0 Å². The molecule has 0 atom stereocenters. The van der Waals surface area contributed by atoms with Crippen LogP contribution in [0.1, 0.15) is 32.3 Å². The monoisotopic (exact) mass is 180 g/mol. The van der Waals surface area contributed by atoms with Crippen LogP contribution in [0.3, 0.4) is 0 Å². The van der Waals surface area contributed by atoms with Gasteiger partial charge in [0, 0.05) is 11.8 Å². The quantitative estimate of drug-likeness (QED) is 0.714. The molecule has 0 bridgehead atoms. The minimum Gasteiger partial charge on any atom is -0.475 e. The summed E-state index contributed by atoms with van der Waals surface area (Å²) in [6.45, 7) is 7.93. The van der Waals surface area contributed by atoms with E-state index in [1.165, 1.54) is 0 Å². The lowest BCUT2D eigenvalue weighted by Gasteiger charge is -2.09. The first kappa shape index (κ1) is 9.96. The highest BCUT2D eigenvalue weighted by Crippen LogP contribution is 2.11. The van der Waals surface area contributed by atoms with E-state index in [4.69, 9.17) is 4.74 Å². The molecule has 0 fully saturated rings. The molecule has 0 aliphatic carbocycles. The van der Waals surface area contributed by atoms with E-state index in [1.54, 1.807) is 0 Å². The Morgan fingerprint density at radius 2 is 2.08 bits per heavy atom. The van der Waals surface area contributed by atoms with Crippen LogP contribution in [0, 0.1) is 6.92 Å². The summed E-state index contributed by atoms with van der Waals surface area (Å²) in [5.41, 5.74) is 1.03. The second-order valence-corrected chi connectivity index (χ2v) is 3.26. The van der Waals surface area contributed by atoms with Crippen LogP contribution in [0.2, 0.25) is 0 Å². The molecule has 3 heteroatoms. The second-order valence-electron chi connectivity index (χ2n) is 3.26. The van der Waals surface area contributed by atoms with Crippen molar-refractivity contribution >= 4 is 0 Å². The van der Waals surface area contributed by atoms with Crippen LogP contribution in [-0.4, -0.2) is 16.1 Å². The van der Waals surface area contributed by atoms with Gasteiger partial charge in [-0.1, -0.05) is 6.92 Å². The van der Waals surface area contributed by atoms with Gasteiger partial charge in [-0.05, 0) is 27.2 Å². The van der Waals surface area contributed by atoms with Crippen LogP contribution in [0.25, 0.3) is 0 Å². The number of hydrogen-bond acceptors (Lipinski definition) is 3. The number of aromatic nitrogens is 2. The fourth-order valence-corrected chi connectivity index (χ4v) is 1.08. The molecule has 3 nitrogen and oxygen atoms in total. The van der Waals surface area contributed by atoms with Crippen molar-refractivity contribution < 1.29 is 4.74 Å². The Bertz CT molecular complexity index is 284. The lowest BCUT2D eigenvalue weighted by Crippen LogP contribution is -2.08. The van der Waals surface area contributed by atoms with Crippen molar-refractivity contribution in [1.29, 1.82) is 0 Å². The Hall–Kier alpha value is -1.12. The normalized spacial score (nSPS) is 10.5. The van der Waals surface area contributed by atoms with E-state index < -0.39 is 0 Å². The molecule has 1 aromatic heterocycles. The molecule has 0 N–H and O–H groups in total. The number of ether oxygens (including phenoxy) is 1. The topological polar surface area (TPSA) is 35.0 Å². The third kappa shape index (κ3) is 3.01. The molecule has 0 spiro atoms. The zero-order valence-electron chi connectivity index (χ0n) is 8.66. The number of aryl methyl sites for hydroxylation is 2. The van der Waals surface area contributed by atoms with Crippen molar-refractivity contribution in [1.82, 2.24) is 9.97 Å². The zero-order valence-corrected chi connectivity index (χ0v) is 8.66. The van der Waals surface area contributed by atoms with Crippen LogP contribution in [0.5, 0.6) is 5.88 Å². The maximum atomic E-state index is 5.49. The highest BCUT2D eigenvalue weighted by atomic mass is 16.5. The average molecular weight is 180 g/mol. The lowest BCUT2D eigenvalue weighted by molar-refractivity contribution is 0.231. The Balaban J connectivity index is 2.88. The van der Waals surface area contributed by atoms with E-state index in [2.05, 4.69) is 16.9 Å². The second kappa shape index (κ2) is 4.21. The first-order valence-electron chi connectivity index (χ1n) is 4.63. The van der Waals surface area contributed by atoms with Crippen molar-refractivity contribution in [2.75, 3.05) is 0 Å². The van der Waals surface area contributed by atoms with Gasteiger partial charge in [0.25, 0.3) is 0 Å². The van der Waals surface area contributed by atoms with Gasteiger partial charge in [-0.25, -0.2) is 4.98 Å². The summed E-state index contributed by atoms with van der Waals surface area (Å²) in [5.74, 6) is 1.45. The highest BCUT2D eigenvalue weighted by Gasteiger charge is 2.02. The smallest absolute Gasteiger partial charge is 0.217 e. The standard InChI is InChI=1S/C10H16N2O/c1-5-9-6-10(13-7(2)3)12-8(4)11-9/h6-7H,5H2,1-4H3. The summed E-state index contributed by atoms with van der Waals surface area (Å²) in [5, 5.41) is 0. The van der Waals surface area contributed by atoms with Gasteiger partial charge in [-0.3, -0.25) is 0 Å². The van der Waals surface area contributed by atoms with Gasteiger partial charge in [0.05, 0.1) is 6.10 Å². The fourth-order valence-electron chi connectivity index (χ4n) is 1.08. The third-order valence-corrected chi connectivity index (χ3v) is 1.59. The van der Waals surface area contributed by atoms with Gasteiger partial charge in [-0.2, -0.15) is 4.98 Å². The van der Waals surface area contributed by atoms with Crippen LogP contribution in [0.4, 0.5) is 0 Å². The van der Waals surface area contributed by atoms with E-state index in [0.717, 1.165) is 17.9 Å². The van der Waals surface area contributed by atoms with Crippen molar-refractivity contribution in [3.8, 4) is 5.88 Å². The maximum absolute atomic E-state index is 5.49. The van der Waals surface area contributed by atoms with Gasteiger partial charge in [-0.15, -0.1) is 0 Å². The molecule has 0 saturated carbocycles. The lowest BCUT2D eigenvalue weighted by atomic mass is 10.3. The molecule has 1 heterocycles. The molecule has 0 aliphatic rings. The summed E-state index contributed by atoms with van der Waals surface area (Å²) >= 11 is 0. The molecule has 0 aliphatic heterocycles. The first-order chi connectivity index (χ1) is 6.11. The molecule has 1 aromatic rings. The average Bonchev–Trinajstić information content (AvgIpc) is 2.01. The van der Waals surface area contributed by atoms with Crippen LogP contribution in [-0.2, 0) is 6.42 Å².